The summed E-state index contributed by atoms with van der Waals surface area (Å²) in [5, 5.41) is 8.63. The average molecular weight is 376 g/mol. The second-order valence-corrected chi connectivity index (χ2v) is 7.72. The molecule has 3 heterocycles. The molecule has 8 nitrogen and oxygen atoms in total. The molecule has 0 unspecified atom stereocenters. The van der Waals surface area contributed by atoms with E-state index in [1.54, 1.807) is 24.5 Å². The molecule has 1 aliphatic heterocycles. The molecule has 1 N–H and O–H groups in total. The van der Waals surface area contributed by atoms with E-state index < -0.39 is 10.0 Å². The predicted octanol–water partition coefficient (Wildman–Crippen LogP) is 2.17. The van der Waals surface area contributed by atoms with E-state index in [2.05, 4.69) is 19.9 Å². The number of nitrogens with zero attached hydrogens (tertiary/aromatic N) is 3. The van der Waals surface area contributed by atoms with Gasteiger partial charge in [-0.05, 0) is 24.3 Å². The van der Waals surface area contributed by atoms with Crippen LogP contribution in [0.1, 0.15) is 0 Å². The molecular weight excluding hydrogens is 364 g/mol. The molecule has 0 amide bonds. The number of hydrogen-bond donors (Lipinski definition) is 1. The number of nitrogens with one attached hydrogen (secondary N) is 1. The first-order valence-electron chi connectivity index (χ1n) is 7.28. The number of anilines is 1. The highest BCUT2D eigenvalue weighted by atomic mass is 32.2. The molecule has 25 heavy (non-hydrogen) atoms. The van der Waals surface area contributed by atoms with Crippen LogP contribution in [0.5, 0.6) is 11.5 Å². The van der Waals surface area contributed by atoms with E-state index in [4.69, 9.17) is 9.47 Å². The first-order chi connectivity index (χ1) is 12.1. The molecule has 2 aromatic heterocycles. The maximum absolute atomic E-state index is 12.6. The second kappa shape index (κ2) is 6.30. The zero-order valence-electron chi connectivity index (χ0n) is 12.7. The third-order valence-electron chi connectivity index (χ3n) is 3.38. The highest BCUT2D eigenvalue weighted by molar-refractivity contribution is 7.93. The van der Waals surface area contributed by atoms with Crippen LogP contribution in [0.2, 0.25) is 0 Å². The van der Waals surface area contributed by atoms with Crippen LogP contribution < -0.4 is 14.2 Å². The van der Waals surface area contributed by atoms with Crippen LogP contribution in [-0.4, -0.2) is 36.8 Å². The van der Waals surface area contributed by atoms with Crippen molar-refractivity contribution in [1.29, 1.82) is 0 Å². The number of aromatic nitrogens is 3. The summed E-state index contributed by atoms with van der Waals surface area (Å²) in [4.78, 5) is 4.07. The molecule has 10 heteroatoms. The lowest BCUT2D eigenvalue weighted by Gasteiger charge is -2.18. The number of benzene rings is 1. The van der Waals surface area contributed by atoms with Crippen LogP contribution in [0, 0.1) is 0 Å². The summed E-state index contributed by atoms with van der Waals surface area (Å²) in [6.07, 6.45) is 3.29. The Kier molecular flexibility index (Phi) is 3.98. The minimum absolute atomic E-state index is 0.0647. The standard InChI is InChI=1S/C15H12N4O4S2/c20-25(21,11-3-4-12-13(8-11)23-7-6-22-12)19-15-18-17-14(24-15)10-2-1-5-16-9-10/h1-5,8-9H,6-7H2,(H,18,19). The van der Waals surface area contributed by atoms with Crippen molar-refractivity contribution in [3.05, 3.63) is 42.7 Å². The number of sulfonamides is 1. The Bertz CT molecular complexity index is 1010. The first kappa shape index (κ1) is 15.8. The summed E-state index contributed by atoms with van der Waals surface area (Å²) >= 11 is 1.13. The second-order valence-electron chi connectivity index (χ2n) is 5.07. The fourth-order valence-corrected chi connectivity index (χ4v) is 4.21. The number of hydrogen-bond acceptors (Lipinski definition) is 8. The third kappa shape index (κ3) is 3.26. The predicted molar refractivity (Wildman–Crippen MR) is 91.4 cm³/mol. The summed E-state index contributed by atoms with van der Waals surface area (Å²) in [7, 11) is -3.81. The van der Waals surface area contributed by atoms with E-state index in [0.29, 0.717) is 29.7 Å². The van der Waals surface area contributed by atoms with E-state index in [-0.39, 0.29) is 10.0 Å². The Hall–Kier alpha value is -2.72. The molecule has 0 bridgehead atoms. The molecule has 128 valence electrons. The summed E-state index contributed by atoms with van der Waals surface area (Å²) in [6, 6.07) is 8.06. The van der Waals surface area contributed by atoms with Crippen molar-refractivity contribution >= 4 is 26.5 Å². The Balaban J connectivity index is 1.59. The van der Waals surface area contributed by atoms with E-state index >= 15 is 0 Å². The van der Waals surface area contributed by atoms with E-state index in [1.807, 2.05) is 6.07 Å². The van der Waals surface area contributed by atoms with Crippen molar-refractivity contribution in [2.75, 3.05) is 17.9 Å². The Morgan fingerprint density at radius 2 is 1.92 bits per heavy atom. The SMILES string of the molecule is O=S(=O)(Nc1nnc(-c2cccnc2)s1)c1ccc2c(c1)OCCO2. The minimum Gasteiger partial charge on any atom is -0.486 e. The van der Waals surface area contributed by atoms with E-state index in [9.17, 15) is 8.42 Å². The lowest BCUT2D eigenvalue weighted by atomic mass is 10.3. The minimum atomic E-state index is -3.81. The summed E-state index contributed by atoms with van der Waals surface area (Å²) in [6.45, 7) is 0.827. The van der Waals surface area contributed by atoms with Crippen molar-refractivity contribution in [1.82, 2.24) is 15.2 Å². The van der Waals surface area contributed by atoms with Gasteiger partial charge in [-0.1, -0.05) is 11.3 Å². The first-order valence-corrected chi connectivity index (χ1v) is 9.58. The van der Waals surface area contributed by atoms with Gasteiger partial charge in [0.15, 0.2) is 16.5 Å². The van der Waals surface area contributed by atoms with Crippen LogP contribution in [0.3, 0.4) is 0 Å². The van der Waals surface area contributed by atoms with Gasteiger partial charge < -0.3 is 9.47 Å². The maximum Gasteiger partial charge on any atom is 0.263 e. The van der Waals surface area contributed by atoms with E-state index in [0.717, 1.165) is 16.9 Å². The zero-order chi connectivity index (χ0) is 17.3. The Morgan fingerprint density at radius 1 is 1.08 bits per heavy atom. The van der Waals surface area contributed by atoms with Gasteiger partial charge in [0.05, 0.1) is 4.90 Å². The average Bonchev–Trinajstić information content (AvgIpc) is 3.10. The number of rotatable bonds is 4. The van der Waals surface area contributed by atoms with Crippen molar-refractivity contribution in [2.45, 2.75) is 4.90 Å². The molecule has 1 aliphatic rings. The smallest absolute Gasteiger partial charge is 0.263 e. The molecule has 0 saturated carbocycles. The van der Waals surface area contributed by atoms with Gasteiger partial charge in [0.2, 0.25) is 5.13 Å². The molecule has 3 aromatic rings. The maximum atomic E-state index is 12.6. The highest BCUT2D eigenvalue weighted by Gasteiger charge is 2.21. The molecule has 0 atom stereocenters. The third-order valence-corrected chi connectivity index (χ3v) is 5.73. The van der Waals surface area contributed by atoms with Crippen molar-refractivity contribution in [3.8, 4) is 22.1 Å². The van der Waals surface area contributed by atoms with Gasteiger partial charge in [-0.15, -0.1) is 10.2 Å². The molecule has 0 aliphatic carbocycles. The molecule has 0 spiro atoms. The molecular formula is C15H12N4O4S2. The fraction of sp³-hybridized carbons (Fsp3) is 0.133. The lowest BCUT2D eigenvalue weighted by molar-refractivity contribution is 0.171. The van der Waals surface area contributed by atoms with Gasteiger partial charge in [0.25, 0.3) is 10.0 Å². The van der Waals surface area contributed by atoms with Crippen LogP contribution in [0.25, 0.3) is 10.6 Å². The van der Waals surface area contributed by atoms with Gasteiger partial charge >= 0.3 is 0 Å². The number of fused-ring (bicyclic) bond motifs is 1. The van der Waals surface area contributed by atoms with Gasteiger partial charge in [0.1, 0.15) is 13.2 Å². The van der Waals surface area contributed by atoms with Gasteiger partial charge in [-0.25, -0.2) is 8.42 Å². The molecule has 1 aromatic carbocycles. The van der Waals surface area contributed by atoms with Crippen molar-refractivity contribution in [2.24, 2.45) is 0 Å². The summed E-state index contributed by atoms with van der Waals surface area (Å²) in [5.41, 5.74) is 0.768. The molecule has 0 fully saturated rings. The van der Waals surface area contributed by atoms with Crippen molar-refractivity contribution in [3.63, 3.8) is 0 Å². The van der Waals surface area contributed by atoms with Crippen molar-refractivity contribution < 1.29 is 17.9 Å². The summed E-state index contributed by atoms with van der Waals surface area (Å²) in [5.74, 6) is 0.933. The molecule has 0 radical (unpaired) electrons. The zero-order valence-corrected chi connectivity index (χ0v) is 14.4. The fourth-order valence-electron chi connectivity index (χ4n) is 2.24. The normalized spacial score (nSPS) is 13.4. The molecule has 0 saturated heterocycles. The topological polar surface area (TPSA) is 103 Å². The van der Waals surface area contributed by atoms with Gasteiger partial charge in [-0.2, -0.15) is 0 Å². The van der Waals surface area contributed by atoms with Gasteiger partial charge in [0, 0.05) is 24.0 Å². The quantitative estimate of drug-likeness (QED) is 0.744. The monoisotopic (exact) mass is 376 g/mol. The van der Waals surface area contributed by atoms with Crippen LogP contribution >= 0.6 is 11.3 Å². The number of pyridine rings is 1. The highest BCUT2D eigenvalue weighted by Crippen LogP contribution is 2.33. The summed E-state index contributed by atoms with van der Waals surface area (Å²) < 4.78 is 38.4. The Labute approximate surface area is 147 Å². The van der Waals surface area contributed by atoms with Crippen LogP contribution in [0.4, 0.5) is 5.13 Å². The van der Waals surface area contributed by atoms with Crippen LogP contribution in [0.15, 0.2) is 47.6 Å². The number of ether oxygens (including phenoxy) is 2. The lowest BCUT2D eigenvalue weighted by Crippen LogP contribution is -2.17. The molecule has 4 rings (SSSR count). The van der Waals surface area contributed by atoms with Crippen LogP contribution in [-0.2, 0) is 10.0 Å². The Morgan fingerprint density at radius 3 is 2.72 bits per heavy atom. The largest absolute Gasteiger partial charge is 0.486 e. The van der Waals surface area contributed by atoms with Gasteiger partial charge in [-0.3, -0.25) is 9.71 Å². The van der Waals surface area contributed by atoms with E-state index in [1.165, 1.54) is 12.1 Å².